The van der Waals surface area contributed by atoms with Crippen LogP contribution in [0.25, 0.3) is 22.0 Å². The monoisotopic (exact) mass is 449 g/mol. The highest BCUT2D eigenvalue weighted by molar-refractivity contribution is 8.00. The molecular formula is C24H20ClN3O2S. The van der Waals surface area contributed by atoms with E-state index >= 15 is 0 Å². The Hall–Kier alpha value is -3.09. The molecule has 0 radical (unpaired) electrons. The van der Waals surface area contributed by atoms with Crippen molar-refractivity contribution in [3.63, 3.8) is 0 Å². The number of rotatable bonds is 6. The second-order valence-electron chi connectivity index (χ2n) is 6.90. The number of aromatic nitrogens is 2. The first-order valence-electron chi connectivity index (χ1n) is 9.64. The van der Waals surface area contributed by atoms with E-state index in [4.69, 9.17) is 16.3 Å². The number of hydrogen-bond acceptors (Lipinski definition) is 5. The topological polar surface area (TPSA) is 64.1 Å². The van der Waals surface area contributed by atoms with Crippen molar-refractivity contribution in [2.45, 2.75) is 11.9 Å². The summed E-state index contributed by atoms with van der Waals surface area (Å²) in [6.07, 6.45) is 0. The van der Waals surface area contributed by atoms with Gasteiger partial charge in [0.15, 0.2) is 0 Å². The molecule has 7 heteroatoms. The third kappa shape index (κ3) is 4.65. The summed E-state index contributed by atoms with van der Waals surface area (Å²) in [5.41, 5.74) is 3.28. The molecule has 0 spiro atoms. The number of benzene rings is 3. The summed E-state index contributed by atoms with van der Waals surface area (Å²) in [4.78, 5) is 12.6. The first-order chi connectivity index (χ1) is 15.1. The number of aryl methyl sites for hydroxylation is 1. The van der Waals surface area contributed by atoms with Gasteiger partial charge in [-0.2, -0.15) is 0 Å². The van der Waals surface area contributed by atoms with Gasteiger partial charge in [0.25, 0.3) is 0 Å². The number of carbonyl (C=O) groups is 1. The molecule has 0 aliphatic heterocycles. The maximum Gasteiger partial charge on any atom is 0.234 e. The second kappa shape index (κ2) is 9.37. The van der Waals surface area contributed by atoms with Gasteiger partial charge in [-0.05, 0) is 18.6 Å². The number of anilines is 1. The zero-order chi connectivity index (χ0) is 21.8. The molecule has 0 saturated carbocycles. The van der Waals surface area contributed by atoms with Crippen molar-refractivity contribution in [2.75, 3.05) is 18.2 Å². The first-order valence-corrected chi connectivity index (χ1v) is 11.0. The van der Waals surface area contributed by atoms with Crippen molar-refractivity contribution < 1.29 is 9.53 Å². The lowest BCUT2D eigenvalue weighted by atomic mass is 10.1. The van der Waals surface area contributed by atoms with E-state index < -0.39 is 0 Å². The van der Waals surface area contributed by atoms with Crippen LogP contribution in [0.2, 0.25) is 5.02 Å². The molecule has 0 saturated heterocycles. The number of fused-ring (bicyclic) bond motifs is 1. The molecule has 156 valence electrons. The number of thioether (sulfide) groups is 1. The van der Waals surface area contributed by atoms with Crippen LogP contribution >= 0.6 is 23.4 Å². The lowest BCUT2D eigenvalue weighted by molar-refractivity contribution is -0.113. The van der Waals surface area contributed by atoms with Gasteiger partial charge in [-0.15, -0.1) is 10.2 Å². The molecule has 4 aromatic rings. The molecule has 4 rings (SSSR count). The standard InChI is InChI=1S/C24H20ClN3O2S/c1-15-12-20(21(30-2)13-19(15)25)26-22(29)14-31-24-18-11-7-6-10-17(18)23(27-28-24)16-8-4-3-5-9-16/h3-13H,14H2,1-2H3,(H,26,29). The van der Waals surface area contributed by atoms with Gasteiger partial charge < -0.3 is 10.1 Å². The van der Waals surface area contributed by atoms with E-state index in [2.05, 4.69) is 15.5 Å². The summed E-state index contributed by atoms with van der Waals surface area (Å²) in [6.45, 7) is 1.88. The number of hydrogen-bond donors (Lipinski definition) is 1. The van der Waals surface area contributed by atoms with Crippen molar-refractivity contribution in [3.8, 4) is 17.0 Å². The molecule has 0 unspecified atom stereocenters. The predicted molar refractivity (Wildman–Crippen MR) is 127 cm³/mol. The van der Waals surface area contributed by atoms with Gasteiger partial charge in [-0.1, -0.05) is 78.0 Å². The zero-order valence-corrected chi connectivity index (χ0v) is 18.6. The van der Waals surface area contributed by atoms with Crippen LogP contribution in [-0.4, -0.2) is 29.0 Å². The van der Waals surface area contributed by atoms with E-state index in [0.29, 0.717) is 21.5 Å². The van der Waals surface area contributed by atoms with E-state index in [1.165, 1.54) is 11.8 Å². The molecule has 1 aromatic heterocycles. The van der Waals surface area contributed by atoms with Gasteiger partial charge in [0.2, 0.25) is 5.91 Å². The fourth-order valence-electron chi connectivity index (χ4n) is 3.25. The van der Waals surface area contributed by atoms with Crippen LogP contribution in [0, 0.1) is 6.92 Å². The van der Waals surface area contributed by atoms with E-state index in [1.807, 2.05) is 61.5 Å². The average molecular weight is 450 g/mol. The number of methoxy groups -OCH3 is 1. The fourth-order valence-corrected chi connectivity index (χ4v) is 4.17. The van der Waals surface area contributed by atoms with Gasteiger partial charge in [0.05, 0.1) is 18.6 Å². The Kier molecular flexibility index (Phi) is 6.39. The quantitative estimate of drug-likeness (QED) is 0.366. The molecule has 5 nitrogen and oxygen atoms in total. The highest BCUT2D eigenvalue weighted by Gasteiger charge is 2.14. The summed E-state index contributed by atoms with van der Waals surface area (Å²) in [7, 11) is 1.54. The number of carbonyl (C=O) groups excluding carboxylic acids is 1. The minimum Gasteiger partial charge on any atom is -0.495 e. The first kappa shape index (κ1) is 21.2. The van der Waals surface area contributed by atoms with E-state index in [9.17, 15) is 4.79 Å². The van der Waals surface area contributed by atoms with Crippen LogP contribution in [0.5, 0.6) is 5.75 Å². The Morgan fingerprint density at radius 2 is 1.74 bits per heavy atom. The van der Waals surface area contributed by atoms with Crippen LogP contribution in [0.15, 0.2) is 71.8 Å². The molecule has 1 heterocycles. The predicted octanol–water partition coefficient (Wildman–Crippen LogP) is 6.00. The lowest BCUT2D eigenvalue weighted by Crippen LogP contribution is -2.15. The molecule has 0 aliphatic rings. The number of halogens is 1. The Morgan fingerprint density at radius 3 is 2.48 bits per heavy atom. The smallest absolute Gasteiger partial charge is 0.234 e. The van der Waals surface area contributed by atoms with E-state index in [1.54, 1.807) is 19.2 Å². The zero-order valence-electron chi connectivity index (χ0n) is 17.1. The van der Waals surface area contributed by atoms with Gasteiger partial charge in [-0.3, -0.25) is 4.79 Å². The Balaban J connectivity index is 1.55. The van der Waals surface area contributed by atoms with Crippen LogP contribution in [0.3, 0.4) is 0 Å². The van der Waals surface area contributed by atoms with Gasteiger partial charge in [0.1, 0.15) is 16.5 Å². The molecule has 3 aromatic carbocycles. The van der Waals surface area contributed by atoms with Crippen LogP contribution in [0.4, 0.5) is 5.69 Å². The third-order valence-electron chi connectivity index (χ3n) is 4.80. The Morgan fingerprint density at radius 1 is 1.03 bits per heavy atom. The van der Waals surface area contributed by atoms with Gasteiger partial charge >= 0.3 is 0 Å². The maximum atomic E-state index is 12.6. The Bertz CT molecular complexity index is 1250. The summed E-state index contributed by atoms with van der Waals surface area (Å²) < 4.78 is 5.33. The number of nitrogens with zero attached hydrogens (tertiary/aromatic N) is 2. The van der Waals surface area contributed by atoms with Crippen molar-refractivity contribution in [3.05, 3.63) is 77.3 Å². The van der Waals surface area contributed by atoms with E-state index in [-0.39, 0.29) is 11.7 Å². The molecule has 31 heavy (non-hydrogen) atoms. The van der Waals surface area contributed by atoms with Crippen molar-refractivity contribution in [2.24, 2.45) is 0 Å². The SMILES string of the molecule is COc1cc(Cl)c(C)cc1NC(=O)CSc1nnc(-c2ccccc2)c2ccccc12. The Labute approximate surface area is 189 Å². The highest BCUT2D eigenvalue weighted by Crippen LogP contribution is 2.33. The van der Waals surface area contributed by atoms with Gasteiger partial charge in [0, 0.05) is 27.4 Å². The molecular weight excluding hydrogens is 430 g/mol. The van der Waals surface area contributed by atoms with Crippen molar-refractivity contribution >= 4 is 45.7 Å². The molecule has 0 aliphatic carbocycles. The largest absolute Gasteiger partial charge is 0.495 e. The summed E-state index contributed by atoms with van der Waals surface area (Å²) in [5, 5.41) is 15.0. The van der Waals surface area contributed by atoms with Crippen LogP contribution < -0.4 is 10.1 Å². The normalized spacial score (nSPS) is 10.8. The maximum absolute atomic E-state index is 12.6. The minimum atomic E-state index is -0.164. The van der Waals surface area contributed by atoms with Crippen molar-refractivity contribution in [1.29, 1.82) is 0 Å². The lowest BCUT2D eigenvalue weighted by Gasteiger charge is -2.12. The molecule has 0 bridgehead atoms. The van der Waals surface area contributed by atoms with Crippen molar-refractivity contribution in [1.82, 2.24) is 10.2 Å². The summed E-state index contributed by atoms with van der Waals surface area (Å²) in [6, 6.07) is 21.4. The molecule has 1 amide bonds. The minimum absolute atomic E-state index is 0.164. The van der Waals surface area contributed by atoms with Crippen LogP contribution in [-0.2, 0) is 4.79 Å². The summed E-state index contributed by atoms with van der Waals surface area (Å²) >= 11 is 7.49. The summed E-state index contributed by atoms with van der Waals surface area (Å²) in [5.74, 6) is 0.545. The fraction of sp³-hybridized carbons (Fsp3) is 0.125. The average Bonchev–Trinajstić information content (AvgIpc) is 2.80. The number of amides is 1. The third-order valence-corrected chi connectivity index (χ3v) is 6.18. The van der Waals surface area contributed by atoms with Gasteiger partial charge in [-0.25, -0.2) is 0 Å². The molecule has 1 N–H and O–H groups in total. The van der Waals surface area contributed by atoms with E-state index in [0.717, 1.165) is 27.6 Å². The van der Waals surface area contributed by atoms with Crippen LogP contribution in [0.1, 0.15) is 5.56 Å². The second-order valence-corrected chi connectivity index (χ2v) is 8.28. The number of nitrogens with one attached hydrogen (secondary N) is 1. The molecule has 0 atom stereocenters. The highest BCUT2D eigenvalue weighted by atomic mass is 35.5. The number of ether oxygens (including phenoxy) is 1. The molecule has 0 fully saturated rings.